The van der Waals surface area contributed by atoms with Crippen molar-refractivity contribution in [3.05, 3.63) is 53.3 Å². The molecule has 0 radical (unpaired) electrons. The minimum Gasteiger partial charge on any atom is -0.298 e. The van der Waals surface area contributed by atoms with E-state index in [1.807, 2.05) is 12.3 Å². The molecule has 1 aromatic heterocycles. The smallest absolute Gasteiger partial charge is 0.151 e. The summed E-state index contributed by atoms with van der Waals surface area (Å²) in [5.41, 5.74) is 5.44. The van der Waals surface area contributed by atoms with Crippen molar-refractivity contribution in [1.29, 1.82) is 0 Å². The highest BCUT2D eigenvalue weighted by molar-refractivity contribution is 5.79. The quantitative estimate of drug-likeness (QED) is 0.744. The van der Waals surface area contributed by atoms with Gasteiger partial charge >= 0.3 is 0 Å². The molecule has 2 rings (SSSR count). The number of aldehydes is 1. The van der Waals surface area contributed by atoms with Crippen molar-refractivity contribution in [2.75, 3.05) is 0 Å². The third-order valence-electron chi connectivity index (χ3n) is 3.57. The summed E-state index contributed by atoms with van der Waals surface area (Å²) in [6, 6.07) is 8.49. The van der Waals surface area contributed by atoms with Crippen LogP contribution in [0, 0.1) is 0 Å². The van der Waals surface area contributed by atoms with Gasteiger partial charge in [-0.15, -0.1) is 0 Å². The predicted molar refractivity (Wildman–Crippen MR) is 83.2 cm³/mol. The Balaban J connectivity index is 2.57. The van der Waals surface area contributed by atoms with Gasteiger partial charge in [-0.3, -0.25) is 9.78 Å². The molecule has 0 N–H and O–H groups in total. The van der Waals surface area contributed by atoms with Crippen LogP contribution in [-0.4, -0.2) is 11.3 Å². The second-order valence-electron chi connectivity index (χ2n) is 5.78. The molecule has 0 aliphatic rings. The Morgan fingerprint density at radius 1 is 1.00 bits per heavy atom. The lowest BCUT2D eigenvalue weighted by atomic mass is 9.89. The third kappa shape index (κ3) is 2.96. The van der Waals surface area contributed by atoms with Gasteiger partial charge in [0, 0.05) is 23.5 Å². The molecule has 0 fully saturated rings. The summed E-state index contributed by atoms with van der Waals surface area (Å²) in [5.74, 6) is 0.949. The van der Waals surface area contributed by atoms with Gasteiger partial charge in [-0.2, -0.15) is 0 Å². The summed E-state index contributed by atoms with van der Waals surface area (Å²) in [5, 5.41) is 0. The first-order chi connectivity index (χ1) is 9.52. The number of rotatable bonds is 4. The van der Waals surface area contributed by atoms with Crippen LogP contribution in [0.2, 0.25) is 0 Å². The van der Waals surface area contributed by atoms with E-state index in [0.29, 0.717) is 17.4 Å². The van der Waals surface area contributed by atoms with Crippen LogP contribution in [0.3, 0.4) is 0 Å². The van der Waals surface area contributed by atoms with Gasteiger partial charge in [0.25, 0.3) is 0 Å². The first kappa shape index (κ1) is 14.4. The van der Waals surface area contributed by atoms with Gasteiger partial charge < -0.3 is 0 Å². The van der Waals surface area contributed by atoms with E-state index < -0.39 is 0 Å². The zero-order valence-electron chi connectivity index (χ0n) is 12.6. The topological polar surface area (TPSA) is 30.0 Å². The van der Waals surface area contributed by atoms with Crippen LogP contribution in [0.4, 0.5) is 0 Å². The number of pyridine rings is 1. The summed E-state index contributed by atoms with van der Waals surface area (Å²) in [6.07, 6.45) is 4.26. The Kier molecular flexibility index (Phi) is 4.33. The van der Waals surface area contributed by atoms with Crippen molar-refractivity contribution < 1.29 is 4.79 Å². The molecular weight excluding hydrogens is 246 g/mol. The molecule has 0 atom stereocenters. The molecule has 20 heavy (non-hydrogen) atoms. The van der Waals surface area contributed by atoms with Crippen LogP contribution < -0.4 is 0 Å². The summed E-state index contributed by atoms with van der Waals surface area (Å²) < 4.78 is 0. The molecular formula is C18H21NO. The number of nitrogens with zero attached hydrogens (tertiary/aromatic N) is 1. The van der Waals surface area contributed by atoms with Crippen LogP contribution in [0.15, 0.2) is 36.7 Å². The van der Waals surface area contributed by atoms with Gasteiger partial charge in [0.2, 0.25) is 0 Å². The van der Waals surface area contributed by atoms with Gasteiger partial charge in [0.05, 0.1) is 0 Å². The Morgan fingerprint density at radius 2 is 1.75 bits per heavy atom. The van der Waals surface area contributed by atoms with Gasteiger partial charge in [0.15, 0.2) is 6.29 Å². The number of hydrogen-bond donors (Lipinski definition) is 0. The van der Waals surface area contributed by atoms with Crippen LogP contribution in [0.1, 0.15) is 61.0 Å². The van der Waals surface area contributed by atoms with E-state index >= 15 is 0 Å². The maximum absolute atomic E-state index is 10.9. The summed E-state index contributed by atoms with van der Waals surface area (Å²) in [6.45, 7) is 8.79. The second kappa shape index (κ2) is 6.00. The lowest BCUT2D eigenvalue weighted by Gasteiger charge is -2.16. The minimum absolute atomic E-state index is 0.434. The number of hydrogen-bond acceptors (Lipinski definition) is 2. The maximum atomic E-state index is 10.9. The molecule has 0 amide bonds. The van der Waals surface area contributed by atoms with Crippen molar-refractivity contribution in [1.82, 2.24) is 4.98 Å². The lowest BCUT2D eigenvalue weighted by Crippen LogP contribution is -1.97. The summed E-state index contributed by atoms with van der Waals surface area (Å²) >= 11 is 0. The van der Waals surface area contributed by atoms with Gasteiger partial charge in [-0.25, -0.2) is 0 Å². The predicted octanol–water partition coefficient (Wildman–Crippen LogP) is 4.81. The monoisotopic (exact) mass is 267 g/mol. The fraction of sp³-hybridized carbons (Fsp3) is 0.333. The second-order valence-corrected chi connectivity index (χ2v) is 5.78. The van der Waals surface area contributed by atoms with Gasteiger partial charge in [0.1, 0.15) is 0 Å². The molecule has 0 saturated heterocycles. The Labute approximate surface area is 120 Å². The average Bonchev–Trinajstić information content (AvgIpc) is 2.46. The molecule has 1 aromatic carbocycles. The zero-order valence-corrected chi connectivity index (χ0v) is 12.6. The number of benzene rings is 1. The largest absolute Gasteiger partial charge is 0.298 e. The molecule has 0 bridgehead atoms. The van der Waals surface area contributed by atoms with E-state index in [2.05, 4.69) is 50.9 Å². The fourth-order valence-electron chi connectivity index (χ4n) is 2.35. The highest BCUT2D eigenvalue weighted by Crippen LogP contribution is 2.31. The van der Waals surface area contributed by atoms with Gasteiger partial charge in [-0.1, -0.05) is 45.9 Å². The standard InChI is InChI=1S/C18H21NO/c1-12(2)15-5-6-17(18(8-15)13(3)4)16-7-14(11-20)9-19-10-16/h5-13H,1-4H3. The molecule has 0 unspecified atom stereocenters. The average molecular weight is 267 g/mol. The van der Waals surface area contributed by atoms with Crippen LogP contribution in [0.25, 0.3) is 11.1 Å². The van der Waals surface area contributed by atoms with Crippen LogP contribution in [0.5, 0.6) is 0 Å². The molecule has 1 heterocycles. The molecule has 2 heteroatoms. The normalized spacial score (nSPS) is 11.1. The van der Waals surface area contributed by atoms with Crippen molar-refractivity contribution in [2.24, 2.45) is 0 Å². The zero-order chi connectivity index (χ0) is 14.7. The number of carbonyl (C=O) groups excluding carboxylic acids is 1. The molecule has 0 saturated carbocycles. The van der Waals surface area contributed by atoms with Crippen LogP contribution in [-0.2, 0) is 0 Å². The highest BCUT2D eigenvalue weighted by Gasteiger charge is 2.11. The first-order valence-corrected chi connectivity index (χ1v) is 7.07. The molecule has 2 aromatic rings. The maximum Gasteiger partial charge on any atom is 0.151 e. The molecule has 0 spiro atoms. The van der Waals surface area contributed by atoms with E-state index in [1.54, 1.807) is 6.20 Å². The van der Waals surface area contributed by atoms with Gasteiger partial charge in [-0.05, 0) is 34.6 Å². The van der Waals surface area contributed by atoms with E-state index in [9.17, 15) is 4.79 Å². The van der Waals surface area contributed by atoms with E-state index in [4.69, 9.17) is 0 Å². The van der Waals surface area contributed by atoms with E-state index in [0.717, 1.165) is 11.8 Å². The molecule has 0 aliphatic carbocycles. The van der Waals surface area contributed by atoms with E-state index in [-0.39, 0.29) is 0 Å². The first-order valence-electron chi connectivity index (χ1n) is 7.07. The number of aromatic nitrogens is 1. The van der Waals surface area contributed by atoms with Crippen molar-refractivity contribution in [3.63, 3.8) is 0 Å². The lowest BCUT2D eigenvalue weighted by molar-refractivity contribution is 0.112. The summed E-state index contributed by atoms with van der Waals surface area (Å²) in [4.78, 5) is 15.1. The fourth-order valence-corrected chi connectivity index (χ4v) is 2.35. The Bertz CT molecular complexity index is 615. The molecule has 2 nitrogen and oxygen atoms in total. The van der Waals surface area contributed by atoms with Crippen molar-refractivity contribution >= 4 is 6.29 Å². The summed E-state index contributed by atoms with van der Waals surface area (Å²) in [7, 11) is 0. The van der Waals surface area contributed by atoms with E-state index in [1.165, 1.54) is 16.7 Å². The Morgan fingerprint density at radius 3 is 2.35 bits per heavy atom. The highest BCUT2D eigenvalue weighted by atomic mass is 16.1. The minimum atomic E-state index is 0.434. The third-order valence-corrected chi connectivity index (χ3v) is 3.57. The van der Waals surface area contributed by atoms with Crippen molar-refractivity contribution in [2.45, 2.75) is 39.5 Å². The molecule has 104 valence electrons. The van der Waals surface area contributed by atoms with Crippen LogP contribution >= 0.6 is 0 Å². The molecule has 0 aliphatic heterocycles. The SMILES string of the molecule is CC(C)c1ccc(-c2cncc(C=O)c2)c(C(C)C)c1. The number of carbonyl (C=O) groups is 1. The van der Waals surface area contributed by atoms with Crippen molar-refractivity contribution in [3.8, 4) is 11.1 Å². The Hall–Kier alpha value is -1.96.